The summed E-state index contributed by atoms with van der Waals surface area (Å²) in [6.45, 7) is 1.67. The largest absolute Gasteiger partial charge is 0.406 e. The topological polar surface area (TPSA) is 40.5 Å². The van der Waals surface area contributed by atoms with Crippen LogP contribution in [0.4, 0.5) is 13.2 Å². The van der Waals surface area contributed by atoms with Crippen molar-refractivity contribution in [1.29, 1.82) is 0 Å². The molecule has 0 aromatic carbocycles. The van der Waals surface area contributed by atoms with E-state index in [2.05, 4.69) is 0 Å². The second-order valence-corrected chi connectivity index (χ2v) is 5.08. The highest BCUT2D eigenvalue weighted by molar-refractivity contribution is 8.00. The SMILES string of the molecule is CC(C)SCC(=O)N(CCO)CC(F)(F)F. The van der Waals surface area contributed by atoms with E-state index in [0.29, 0.717) is 4.90 Å². The molecule has 0 aromatic heterocycles. The maximum Gasteiger partial charge on any atom is 0.406 e. The van der Waals surface area contributed by atoms with Crippen molar-refractivity contribution in [2.45, 2.75) is 25.3 Å². The first kappa shape index (κ1) is 15.6. The molecule has 0 spiro atoms. The first-order chi connectivity index (χ1) is 7.26. The molecule has 0 aromatic rings. The molecule has 0 saturated heterocycles. The van der Waals surface area contributed by atoms with Crippen LogP contribution in [0.25, 0.3) is 0 Å². The molecule has 0 saturated carbocycles. The zero-order chi connectivity index (χ0) is 12.8. The van der Waals surface area contributed by atoms with E-state index in [1.807, 2.05) is 13.8 Å². The molecule has 3 nitrogen and oxygen atoms in total. The molecule has 0 aliphatic rings. The van der Waals surface area contributed by atoms with Gasteiger partial charge in [0.1, 0.15) is 6.54 Å². The molecule has 0 radical (unpaired) electrons. The molecule has 96 valence electrons. The number of hydrogen-bond donors (Lipinski definition) is 1. The molecule has 0 aliphatic carbocycles. The minimum atomic E-state index is -4.42. The number of aliphatic hydroxyl groups excluding tert-OH is 1. The third kappa shape index (κ3) is 7.81. The van der Waals surface area contributed by atoms with Crippen LogP contribution in [0.5, 0.6) is 0 Å². The number of halogens is 3. The Bertz CT molecular complexity index is 221. The minimum absolute atomic E-state index is 0.00769. The summed E-state index contributed by atoms with van der Waals surface area (Å²) in [4.78, 5) is 12.0. The number of nitrogens with zero attached hydrogens (tertiary/aromatic N) is 1. The van der Waals surface area contributed by atoms with Crippen molar-refractivity contribution in [3.63, 3.8) is 0 Å². The third-order valence-corrected chi connectivity index (χ3v) is 2.71. The average Bonchev–Trinajstić information content (AvgIpc) is 2.11. The Morgan fingerprint density at radius 3 is 2.38 bits per heavy atom. The van der Waals surface area contributed by atoms with Crippen LogP contribution in [0.3, 0.4) is 0 Å². The molecule has 7 heteroatoms. The smallest absolute Gasteiger partial charge is 0.395 e. The van der Waals surface area contributed by atoms with Gasteiger partial charge in [-0.25, -0.2) is 0 Å². The number of aliphatic hydroxyl groups is 1. The number of thioether (sulfide) groups is 1. The molecular weight excluding hydrogens is 243 g/mol. The fraction of sp³-hybridized carbons (Fsp3) is 0.889. The van der Waals surface area contributed by atoms with Gasteiger partial charge in [-0.2, -0.15) is 13.2 Å². The van der Waals surface area contributed by atoms with Gasteiger partial charge in [0, 0.05) is 6.54 Å². The predicted octanol–water partition coefficient (Wildman–Crippen LogP) is 1.51. The molecule has 0 unspecified atom stereocenters. The highest BCUT2D eigenvalue weighted by Crippen LogP contribution is 2.17. The van der Waals surface area contributed by atoms with Crippen LogP contribution in [-0.2, 0) is 4.79 Å². The van der Waals surface area contributed by atoms with E-state index in [1.165, 1.54) is 11.8 Å². The minimum Gasteiger partial charge on any atom is -0.395 e. The van der Waals surface area contributed by atoms with Crippen molar-refractivity contribution in [2.75, 3.05) is 25.4 Å². The molecule has 0 heterocycles. The molecular formula is C9H16F3NO2S. The fourth-order valence-corrected chi connectivity index (χ4v) is 1.62. The van der Waals surface area contributed by atoms with Gasteiger partial charge in [0.2, 0.25) is 5.91 Å². The molecule has 0 fully saturated rings. The van der Waals surface area contributed by atoms with Gasteiger partial charge in [-0.05, 0) is 5.25 Å². The van der Waals surface area contributed by atoms with Gasteiger partial charge in [0.05, 0.1) is 12.4 Å². The number of hydrogen-bond acceptors (Lipinski definition) is 3. The summed E-state index contributed by atoms with van der Waals surface area (Å²) in [5, 5.41) is 8.78. The van der Waals surface area contributed by atoms with Gasteiger partial charge in [-0.1, -0.05) is 13.8 Å². The van der Waals surface area contributed by atoms with E-state index in [-0.39, 0.29) is 17.5 Å². The highest BCUT2D eigenvalue weighted by Gasteiger charge is 2.32. The summed E-state index contributed by atoms with van der Waals surface area (Å²) in [7, 11) is 0. The van der Waals surface area contributed by atoms with Gasteiger partial charge >= 0.3 is 6.18 Å². The predicted molar refractivity (Wildman–Crippen MR) is 57.3 cm³/mol. The molecule has 0 aliphatic heterocycles. The molecule has 0 bridgehead atoms. The second kappa shape index (κ2) is 7.01. The Labute approximate surface area is 97.0 Å². The number of carbonyl (C=O) groups excluding carboxylic acids is 1. The van der Waals surface area contributed by atoms with Crippen molar-refractivity contribution < 1.29 is 23.1 Å². The molecule has 16 heavy (non-hydrogen) atoms. The van der Waals surface area contributed by atoms with Crippen molar-refractivity contribution in [1.82, 2.24) is 4.90 Å². The summed E-state index contributed by atoms with van der Waals surface area (Å²) in [6, 6.07) is 0. The van der Waals surface area contributed by atoms with Crippen molar-refractivity contribution >= 4 is 17.7 Å². The summed E-state index contributed by atoms with van der Waals surface area (Å²) in [6.07, 6.45) is -4.42. The fourth-order valence-electron chi connectivity index (χ4n) is 0.958. The summed E-state index contributed by atoms with van der Waals surface area (Å²) < 4.78 is 36.3. The van der Waals surface area contributed by atoms with Crippen LogP contribution in [0.1, 0.15) is 13.8 Å². The van der Waals surface area contributed by atoms with Crippen LogP contribution in [0, 0.1) is 0 Å². The maximum absolute atomic E-state index is 12.1. The van der Waals surface area contributed by atoms with Crippen LogP contribution in [0.15, 0.2) is 0 Å². The Kier molecular flexibility index (Phi) is 6.82. The maximum atomic E-state index is 12.1. The van der Waals surface area contributed by atoms with Crippen molar-refractivity contribution in [2.24, 2.45) is 0 Å². The number of rotatable bonds is 6. The summed E-state index contributed by atoms with van der Waals surface area (Å²) >= 11 is 1.28. The second-order valence-electron chi connectivity index (χ2n) is 3.51. The van der Waals surface area contributed by atoms with E-state index < -0.39 is 25.2 Å². The van der Waals surface area contributed by atoms with Crippen molar-refractivity contribution in [3.8, 4) is 0 Å². The number of amides is 1. The van der Waals surface area contributed by atoms with Crippen molar-refractivity contribution in [3.05, 3.63) is 0 Å². The quantitative estimate of drug-likeness (QED) is 0.786. The van der Waals surface area contributed by atoms with Crippen LogP contribution in [-0.4, -0.2) is 52.8 Å². The van der Waals surface area contributed by atoms with E-state index in [0.717, 1.165) is 0 Å². The van der Waals surface area contributed by atoms with Gasteiger partial charge in [0.15, 0.2) is 0 Å². The first-order valence-electron chi connectivity index (χ1n) is 4.83. The highest BCUT2D eigenvalue weighted by atomic mass is 32.2. The average molecular weight is 259 g/mol. The number of carbonyl (C=O) groups is 1. The van der Waals surface area contributed by atoms with E-state index in [9.17, 15) is 18.0 Å². The van der Waals surface area contributed by atoms with E-state index >= 15 is 0 Å². The van der Waals surface area contributed by atoms with Gasteiger partial charge < -0.3 is 10.0 Å². The molecule has 1 amide bonds. The van der Waals surface area contributed by atoms with Crippen LogP contribution < -0.4 is 0 Å². The lowest BCUT2D eigenvalue weighted by molar-refractivity contribution is -0.160. The normalized spacial score (nSPS) is 11.9. The van der Waals surface area contributed by atoms with E-state index in [1.54, 1.807) is 0 Å². The first-order valence-corrected chi connectivity index (χ1v) is 5.88. The Morgan fingerprint density at radius 1 is 1.44 bits per heavy atom. The van der Waals surface area contributed by atoms with E-state index in [4.69, 9.17) is 5.11 Å². The molecule has 1 N–H and O–H groups in total. The van der Waals surface area contributed by atoms with Crippen LogP contribution >= 0.6 is 11.8 Å². The Morgan fingerprint density at radius 2 is 2.00 bits per heavy atom. The Balaban J connectivity index is 4.24. The lowest BCUT2D eigenvalue weighted by Gasteiger charge is -2.23. The summed E-state index contributed by atoms with van der Waals surface area (Å²) in [5.74, 6) is -0.585. The monoisotopic (exact) mass is 259 g/mol. The van der Waals surface area contributed by atoms with Gasteiger partial charge in [0.25, 0.3) is 0 Å². The van der Waals surface area contributed by atoms with Gasteiger partial charge in [-0.3, -0.25) is 4.79 Å². The third-order valence-electron chi connectivity index (χ3n) is 1.63. The standard InChI is InChI=1S/C9H16F3NO2S/c1-7(2)16-5-8(15)13(3-4-14)6-9(10,11)12/h7,14H,3-6H2,1-2H3. The zero-order valence-electron chi connectivity index (χ0n) is 9.25. The summed E-state index contributed by atoms with van der Waals surface area (Å²) in [5.41, 5.74) is 0. The zero-order valence-corrected chi connectivity index (χ0v) is 10.1. The lowest BCUT2D eigenvalue weighted by atomic mass is 10.4. The Hall–Kier alpha value is -0.430. The van der Waals surface area contributed by atoms with Gasteiger partial charge in [-0.15, -0.1) is 11.8 Å². The molecule has 0 rings (SSSR count). The number of alkyl halides is 3. The lowest BCUT2D eigenvalue weighted by Crippen LogP contribution is -2.41. The van der Waals surface area contributed by atoms with Crippen LogP contribution in [0.2, 0.25) is 0 Å². The molecule has 0 atom stereocenters.